The summed E-state index contributed by atoms with van der Waals surface area (Å²) in [6, 6.07) is 4.28. The van der Waals surface area contributed by atoms with Gasteiger partial charge in [0.25, 0.3) is 5.91 Å². The number of nitrogens with two attached hydrogens (primary N) is 1. The quantitative estimate of drug-likeness (QED) is 0.883. The molecule has 0 fully saturated rings. The second kappa shape index (κ2) is 7.91. The molecule has 1 aromatic carbocycles. The van der Waals surface area contributed by atoms with Gasteiger partial charge in [0, 0.05) is 11.6 Å². The van der Waals surface area contributed by atoms with Gasteiger partial charge in [-0.3, -0.25) is 4.79 Å². The predicted molar refractivity (Wildman–Crippen MR) is 80.7 cm³/mol. The normalized spacial score (nSPS) is 11.6. The summed E-state index contributed by atoms with van der Waals surface area (Å²) in [6.07, 6.45) is 1.77. The van der Waals surface area contributed by atoms with E-state index in [1.54, 1.807) is 6.92 Å². The Balaban J connectivity index is 0.00000242. The number of hydrogen-bond acceptors (Lipinski definition) is 3. The number of rotatable bonds is 5. The third-order valence-corrected chi connectivity index (χ3v) is 3.17. The van der Waals surface area contributed by atoms with Gasteiger partial charge in [-0.2, -0.15) is 0 Å². The smallest absolute Gasteiger partial charge is 0.255 e. The highest BCUT2D eigenvalue weighted by atomic mass is 35.5. The van der Waals surface area contributed by atoms with Crippen molar-refractivity contribution in [2.24, 2.45) is 5.73 Å². The first-order chi connectivity index (χ1) is 10.0. The molecule has 120 valence electrons. The second-order valence-electron chi connectivity index (χ2n) is 4.61. The number of furan rings is 1. The number of benzene rings is 1. The number of hydrogen-bond donors (Lipinski definition) is 2. The average Bonchev–Trinajstić information content (AvgIpc) is 2.94. The number of carbonyl (C=O) groups excluding carboxylic acids is 1. The van der Waals surface area contributed by atoms with Crippen LogP contribution in [0.15, 0.2) is 34.9 Å². The molecule has 4 nitrogen and oxygen atoms in total. The summed E-state index contributed by atoms with van der Waals surface area (Å²) in [7, 11) is 0. The first-order valence-electron chi connectivity index (χ1n) is 6.58. The van der Waals surface area contributed by atoms with E-state index >= 15 is 0 Å². The van der Waals surface area contributed by atoms with E-state index < -0.39 is 23.6 Å². The highest BCUT2D eigenvalue weighted by Crippen LogP contribution is 2.21. The van der Waals surface area contributed by atoms with Gasteiger partial charge in [-0.15, -0.1) is 12.4 Å². The molecule has 0 spiro atoms. The second-order valence-corrected chi connectivity index (χ2v) is 4.61. The Morgan fingerprint density at radius 3 is 2.64 bits per heavy atom. The molecular formula is C15H17ClF2N2O2. The molecule has 0 bridgehead atoms. The van der Waals surface area contributed by atoms with Crippen LogP contribution in [0, 0.1) is 11.6 Å². The molecule has 0 saturated carbocycles. The number of nitrogens with one attached hydrogen (secondary N) is 1. The summed E-state index contributed by atoms with van der Waals surface area (Å²) in [4.78, 5) is 12.1. The molecule has 0 radical (unpaired) electrons. The van der Waals surface area contributed by atoms with Gasteiger partial charge >= 0.3 is 0 Å². The Kier molecular flexibility index (Phi) is 6.52. The Morgan fingerprint density at radius 1 is 1.36 bits per heavy atom. The SMILES string of the molecule is CCC(NC(=O)c1coc(CN)c1)c1ccc(F)cc1F.Cl. The van der Waals surface area contributed by atoms with Crippen LogP contribution < -0.4 is 11.1 Å². The predicted octanol–water partition coefficient (Wildman–Crippen LogP) is 3.32. The molecule has 0 aliphatic rings. The fourth-order valence-electron chi connectivity index (χ4n) is 2.03. The van der Waals surface area contributed by atoms with Crippen molar-refractivity contribution in [2.75, 3.05) is 0 Å². The van der Waals surface area contributed by atoms with Crippen molar-refractivity contribution in [3.05, 3.63) is 59.1 Å². The molecule has 1 heterocycles. The average molecular weight is 331 g/mol. The largest absolute Gasteiger partial charge is 0.467 e. The van der Waals surface area contributed by atoms with E-state index in [-0.39, 0.29) is 24.5 Å². The van der Waals surface area contributed by atoms with Crippen LogP contribution in [0.1, 0.15) is 41.1 Å². The Bertz CT molecular complexity index is 646. The van der Waals surface area contributed by atoms with Crippen molar-refractivity contribution < 1.29 is 18.0 Å². The lowest BCUT2D eigenvalue weighted by atomic mass is 10.0. The maximum atomic E-state index is 13.8. The maximum Gasteiger partial charge on any atom is 0.255 e. The first kappa shape index (κ1) is 18.1. The van der Waals surface area contributed by atoms with Gasteiger partial charge in [0.15, 0.2) is 0 Å². The zero-order valence-electron chi connectivity index (χ0n) is 11.9. The zero-order valence-corrected chi connectivity index (χ0v) is 12.8. The molecule has 1 amide bonds. The summed E-state index contributed by atoms with van der Waals surface area (Å²) < 4.78 is 31.8. The van der Waals surface area contributed by atoms with Crippen molar-refractivity contribution in [1.82, 2.24) is 5.32 Å². The van der Waals surface area contributed by atoms with Crippen LogP contribution in [0.3, 0.4) is 0 Å². The Morgan fingerprint density at radius 2 is 2.09 bits per heavy atom. The van der Waals surface area contributed by atoms with Gasteiger partial charge in [0.05, 0.1) is 18.2 Å². The summed E-state index contributed by atoms with van der Waals surface area (Å²) in [6.45, 7) is 1.99. The molecule has 0 aliphatic carbocycles. The molecule has 0 aliphatic heterocycles. The molecule has 1 atom stereocenters. The summed E-state index contributed by atoms with van der Waals surface area (Å²) in [5, 5.41) is 2.69. The molecule has 1 aromatic heterocycles. The topological polar surface area (TPSA) is 68.3 Å². The molecule has 22 heavy (non-hydrogen) atoms. The molecular weight excluding hydrogens is 314 g/mol. The van der Waals surface area contributed by atoms with Crippen LogP contribution in [0.25, 0.3) is 0 Å². The minimum Gasteiger partial charge on any atom is -0.467 e. The third-order valence-electron chi connectivity index (χ3n) is 3.17. The van der Waals surface area contributed by atoms with Crippen molar-refractivity contribution in [3.63, 3.8) is 0 Å². The van der Waals surface area contributed by atoms with E-state index in [1.807, 2.05) is 0 Å². The summed E-state index contributed by atoms with van der Waals surface area (Å²) >= 11 is 0. The Labute approximate surface area is 133 Å². The van der Waals surface area contributed by atoms with E-state index in [1.165, 1.54) is 18.4 Å². The third kappa shape index (κ3) is 4.05. The minimum absolute atomic E-state index is 0. The van der Waals surface area contributed by atoms with Gasteiger partial charge in [-0.25, -0.2) is 8.78 Å². The zero-order chi connectivity index (χ0) is 15.4. The lowest BCUT2D eigenvalue weighted by Crippen LogP contribution is -2.28. The maximum absolute atomic E-state index is 13.8. The van der Waals surface area contributed by atoms with Crippen LogP contribution in [0.4, 0.5) is 8.78 Å². The van der Waals surface area contributed by atoms with E-state index in [2.05, 4.69) is 5.32 Å². The van der Waals surface area contributed by atoms with Crippen LogP contribution in [0.2, 0.25) is 0 Å². The molecule has 0 saturated heterocycles. The van der Waals surface area contributed by atoms with Gasteiger partial charge in [-0.05, 0) is 18.6 Å². The molecule has 7 heteroatoms. The standard InChI is InChI=1S/C15H16F2N2O2.ClH/c1-2-14(12-4-3-10(16)6-13(12)17)19-15(20)9-5-11(7-18)21-8-9;/h3-6,8,14H,2,7,18H2,1H3,(H,19,20);1H. The lowest BCUT2D eigenvalue weighted by Gasteiger charge is -2.17. The van der Waals surface area contributed by atoms with Crippen molar-refractivity contribution in [1.29, 1.82) is 0 Å². The van der Waals surface area contributed by atoms with Crippen LogP contribution in [-0.4, -0.2) is 5.91 Å². The highest BCUT2D eigenvalue weighted by molar-refractivity contribution is 5.94. The van der Waals surface area contributed by atoms with Crippen LogP contribution in [-0.2, 0) is 6.54 Å². The van der Waals surface area contributed by atoms with E-state index in [4.69, 9.17) is 10.2 Å². The summed E-state index contributed by atoms with van der Waals surface area (Å²) in [5.74, 6) is -1.24. The van der Waals surface area contributed by atoms with Crippen molar-refractivity contribution >= 4 is 18.3 Å². The van der Waals surface area contributed by atoms with Gasteiger partial charge < -0.3 is 15.5 Å². The van der Waals surface area contributed by atoms with Gasteiger partial charge in [0.2, 0.25) is 0 Å². The fourth-order valence-corrected chi connectivity index (χ4v) is 2.03. The number of amides is 1. The van der Waals surface area contributed by atoms with Gasteiger partial charge in [0.1, 0.15) is 23.7 Å². The van der Waals surface area contributed by atoms with E-state index in [9.17, 15) is 13.6 Å². The van der Waals surface area contributed by atoms with Crippen LogP contribution in [0.5, 0.6) is 0 Å². The van der Waals surface area contributed by atoms with E-state index in [0.29, 0.717) is 17.7 Å². The molecule has 3 N–H and O–H groups in total. The molecule has 2 rings (SSSR count). The van der Waals surface area contributed by atoms with Crippen molar-refractivity contribution in [2.45, 2.75) is 25.9 Å². The van der Waals surface area contributed by atoms with E-state index in [0.717, 1.165) is 12.1 Å². The lowest BCUT2D eigenvalue weighted by molar-refractivity contribution is 0.0934. The Hall–Kier alpha value is -1.92. The molecule has 1 unspecified atom stereocenters. The van der Waals surface area contributed by atoms with Gasteiger partial charge in [-0.1, -0.05) is 13.0 Å². The summed E-state index contributed by atoms with van der Waals surface area (Å²) in [5.41, 5.74) is 5.97. The highest BCUT2D eigenvalue weighted by Gasteiger charge is 2.19. The number of carbonyl (C=O) groups is 1. The van der Waals surface area contributed by atoms with Crippen molar-refractivity contribution in [3.8, 4) is 0 Å². The monoisotopic (exact) mass is 330 g/mol. The molecule has 2 aromatic rings. The number of halogens is 3. The first-order valence-corrected chi connectivity index (χ1v) is 6.58. The minimum atomic E-state index is -0.683. The van der Waals surface area contributed by atoms with Crippen LogP contribution >= 0.6 is 12.4 Å². The fraction of sp³-hybridized carbons (Fsp3) is 0.267.